The molecule has 3 amide bonds. The highest BCUT2D eigenvalue weighted by atomic mass is 16.5. The molecule has 146 valence electrons. The highest BCUT2D eigenvalue weighted by Gasteiger charge is 2.29. The van der Waals surface area contributed by atoms with Crippen LogP contribution in [0, 0.1) is 0 Å². The molecule has 0 aliphatic carbocycles. The fourth-order valence-corrected chi connectivity index (χ4v) is 3.82. The molecule has 7 nitrogen and oxygen atoms in total. The van der Waals surface area contributed by atoms with Gasteiger partial charge in [0.2, 0.25) is 17.7 Å². The van der Waals surface area contributed by atoms with Gasteiger partial charge in [-0.3, -0.25) is 24.2 Å². The summed E-state index contributed by atoms with van der Waals surface area (Å²) in [6.45, 7) is 2.62. The molecular weight excluding hydrogens is 346 g/mol. The Morgan fingerprint density at radius 2 is 1.81 bits per heavy atom. The zero-order chi connectivity index (χ0) is 19.2. The first kappa shape index (κ1) is 19.4. The van der Waals surface area contributed by atoms with Crippen LogP contribution in [0.25, 0.3) is 0 Å². The van der Waals surface area contributed by atoms with Gasteiger partial charge in [-0.2, -0.15) is 0 Å². The van der Waals surface area contributed by atoms with Crippen molar-refractivity contribution in [2.75, 3.05) is 33.3 Å². The second-order valence-corrected chi connectivity index (χ2v) is 6.99. The number of benzene rings is 1. The number of amides is 3. The van der Waals surface area contributed by atoms with Crippen LogP contribution in [0.2, 0.25) is 0 Å². The molecule has 2 fully saturated rings. The minimum Gasteiger partial charge on any atom is -0.496 e. The molecule has 2 saturated heterocycles. The fraction of sp³-hybridized carbons (Fsp3) is 0.550. The summed E-state index contributed by atoms with van der Waals surface area (Å²) in [4.78, 5) is 39.2. The van der Waals surface area contributed by atoms with E-state index in [1.165, 1.54) is 4.90 Å². The van der Waals surface area contributed by atoms with E-state index in [0.29, 0.717) is 6.54 Å². The van der Waals surface area contributed by atoms with E-state index in [9.17, 15) is 14.4 Å². The van der Waals surface area contributed by atoms with Crippen molar-refractivity contribution in [3.05, 3.63) is 29.8 Å². The molecule has 2 heterocycles. The molecule has 1 N–H and O–H groups in total. The third kappa shape index (κ3) is 4.66. The quantitative estimate of drug-likeness (QED) is 0.699. The number of para-hydroxylation sites is 1. The maximum atomic E-state index is 12.3. The third-order valence-electron chi connectivity index (χ3n) is 5.29. The minimum atomic E-state index is -0.184. The van der Waals surface area contributed by atoms with Gasteiger partial charge in [0.15, 0.2) is 0 Å². The molecule has 27 heavy (non-hydrogen) atoms. The van der Waals surface area contributed by atoms with Gasteiger partial charge in [-0.25, -0.2) is 0 Å². The smallest absolute Gasteiger partial charge is 0.229 e. The number of imide groups is 1. The second kappa shape index (κ2) is 8.99. The summed E-state index contributed by atoms with van der Waals surface area (Å²) in [5, 5.41) is 2.98. The van der Waals surface area contributed by atoms with Crippen molar-refractivity contribution in [3.63, 3.8) is 0 Å². The number of rotatable bonds is 8. The molecule has 3 rings (SSSR count). The Labute approximate surface area is 159 Å². The lowest BCUT2D eigenvalue weighted by Gasteiger charge is -2.29. The lowest BCUT2D eigenvalue weighted by atomic mass is 10.0. The minimum absolute atomic E-state index is 0.0441. The molecule has 7 heteroatoms. The van der Waals surface area contributed by atoms with E-state index in [-0.39, 0.29) is 49.6 Å². The monoisotopic (exact) mass is 373 g/mol. The number of nitrogens with zero attached hydrogens (tertiary/aromatic N) is 2. The number of ether oxygens (including phenoxy) is 1. The molecule has 1 atom stereocenters. The van der Waals surface area contributed by atoms with Gasteiger partial charge in [-0.15, -0.1) is 0 Å². The molecule has 0 unspecified atom stereocenters. The third-order valence-corrected chi connectivity index (χ3v) is 5.29. The first-order valence-electron chi connectivity index (χ1n) is 9.57. The number of carbonyl (C=O) groups is 3. The largest absolute Gasteiger partial charge is 0.496 e. The summed E-state index contributed by atoms with van der Waals surface area (Å²) in [5.74, 6) is 0.298. The predicted octanol–water partition coefficient (Wildman–Crippen LogP) is 1.49. The molecular formula is C20H27N3O4. The van der Waals surface area contributed by atoms with Crippen molar-refractivity contribution < 1.29 is 19.1 Å². The maximum absolute atomic E-state index is 12.3. The number of hydrogen-bond donors (Lipinski definition) is 1. The standard InChI is InChI=1S/C20H27N3O4/c1-27-17-7-3-2-6-15(17)16(22-11-4-5-12-22)14-21-18(24)10-13-23-19(25)8-9-20(23)26/h2-3,6-7,16H,4-5,8-14H2,1H3,(H,21,24)/t16-/m0/s1. The van der Waals surface area contributed by atoms with Crippen LogP contribution in [0.1, 0.15) is 43.7 Å². The first-order valence-corrected chi connectivity index (χ1v) is 9.57. The Morgan fingerprint density at radius 1 is 1.15 bits per heavy atom. The Balaban J connectivity index is 1.60. The van der Waals surface area contributed by atoms with Gasteiger partial charge in [0.05, 0.1) is 13.2 Å². The van der Waals surface area contributed by atoms with E-state index in [1.54, 1.807) is 7.11 Å². The molecule has 0 saturated carbocycles. The van der Waals surface area contributed by atoms with Crippen LogP contribution in [0.3, 0.4) is 0 Å². The molecule has 0 bridgehead atoms. The average Bonchev–Trinajstić information content (AvgIpc) is 3.31. The van der Waals surface area contributed by atoms with Gasteiger partial charge < -0.3 is 10.1 Å². The summed E-state index contributed by atoms with van der Waals surface area (Å²) >= 11 is 0. The van der Waals surface area contributed by atoms with E-state index in [1.807, 2.05) is 24.3 Å². The zero-order valence-corrected chi connectivity index (χ0v) is 15.8. The van der Waals surface area contributed by atoms with Crippen molar-refractivity contribution in [1.82, 2.24) is 15.1 Å². The van der Waals surface area contributed by atoms with Crippen molar-refractivity contribution >= 4 is 17.7 Å². The van der Waals surface area contributed by atoms with Gasteiger partial charge >= 0.3 is 0 Å². The summed E-state index contributed by atoms with van der Waals surface area (Å²) in [6, 6.07) is 7.93. The van der Waals surface area contributed by atoms with Crippen molar-refractivity contribution in [2.45, 2.75) is 38.1 Å². The average molecular weight is 373 g/mol. The predicted molar refractivity (Wildman–Crippen MR) is 100 cm³/mol. The number of nitrogens with one attached hydrogen (secondary N) is 1. The summed E-state index contributed by atoms with van der Waals surface area (Å²) in [5.41, 5.74) is 1.06. The number of carbonyl (C=O) groups excluding carboxylic acids is 3. The SMILES string of the molecule is COc1ccccc1[C@H](CNC(=O)CCN1C(=O)CCC1=O)N1CCCC1. The first-order chi connectivity index (χ1) is 13.1. The number of methoxy groups -OCH3 is 1. The summed E-state index contributed by atoms with van der Waals surface area (Å²) in [7, 11) is 1.66. The van der Waals surface area contributed by atoms with Crippen LogP contribution in [-0.2, 0) is 14.4 Å². The fourth-order valence-electron chi connectivity index (χ4n) is 3.82. The second-order valence-electron chi connectivity index (χ2n) is 6.99. The van der Waals surface area contributed by atoms with Crippen molar-refractivity contribution in [2.24, 2.45) is 0 Å². The number of hydrogen-bond acceptors (Lipinski definition) is 5. The highest BCUT2D eigenvalue weighted by Crippen LogP contribution is 2.31. The van der Waals surface area contributed by atoms with Crippen LogP contribution in [0.15, 0.2) is 24.3 Å². The topological polar surface area (TPSA) is 79.0 Å². The van der Waals surface area contributed by atoms with Crippen LogP contribution in [0.5, 0.6) is 5.75 Å². The summed E-state index contributed by atoms with van der Waals surface area (Å²) < 4.78 is 5.51. The van der Waals surface area contributed by atoms with Gasteiger partial charge in [0.25, 0.3) is 0 Å². The Hall–Kier alpha value is -2.41. The molecule has 0 spiro atoms. The molecule has 1 aromatic carbocycles. The highest BCUT2D eigenvalue weighted by molar-refractivity contribution is 6.02. The molecule has 0 aromatic heterocycles. The Kier molecular flexibility index (Phi) is 6.45. The van der Waals surface area contributed by atoms with E-state index in [4.69, 9.17) is 4.74 Å². The van der Waals surface area contributed by atoms with E-state index in [2.05, 4.69) is 10.2 Å². The van der Waals surface area contributed by atoms with Crippen LogP contribution < -0.4 is 10.1 Å². The summed E-state index contributed by atoms with van der Waals surface area (Å²) in [6.07, 6.45) is 2.95. The Morgan fingerprint density at radius 3 is 2.48 bits per heavy atom. The van der Waals surface area contributed by atoms with Crippen LogP contribution in [-0.4, -0.2) is 60.8 Å². The van der Waals surface area contributed by atoms with E-state index >= 15 is 0 Å². The van der Waals surface area contributed by atoms with Gasteiger partial charge in [-0.1, -0.05) is 18.2 Å². The van der Waals surface area contributed by atoms with Crippen LogP contribution >= 0.6 is 0 Å². The van der Waals surface area contributed by atoms with Crippen molar-refractivity contribution in [1.29, 1.82) is 0 Å². The zero-order valence-electron chi connectivity index (χ0n) is 15.8. The molecule has 2 aliphatic heterocycles. The Bertz CT molecular complexity index is 684. The van der Waals surface area contributed by atoms with E-state index in [0.717, 1.165) is 37.2 Å². The lowest BCUT2D eigenvalue weighted by Crippen LogP contribution is -2.39. The lowest BCUT2D eigenvalue weighted by molar-refractivity contribution is -0.138. The molecule has 2 aliphatic rings. The van der Waals surface area contributed by atoms with Crippen LogP contribution in [0.4, 0.5) is 0 Å². The van der Waals surface area contributed by atoms with Crippen molar-refractivity contribution in [3.8, 4) is 5.75 Å². The van der Waals surface area contributed by atoms with E-state index < -0.39 is 0 Å². The van der Waals surface area contributed by atoms with Gasteiger partial charge in [0, 0.05) is 37.9 Å². The normalized spacial score (nSPS) is 18.8. The number of likely N-dealkylation sites (tertiary alicyclic amines) is 2. The van der Waals surface area contributed by atoms with Gasteiger partial charge in [-0.05, 0) is 32.0 Å². The molecule has 1 aromatic rings. The molecule has 0 radical (unpaired) electrons. The van der Waals surface area contributed by atoms with Gasteiger partial charge in [0.1, 0.15) is 5.75 Å². The maximum Gasteiger partial charge on any atom is 0.229 e.